The minimum Gasteiger partial charge on any atom is -0.379 e. The molecule has 2 bridgehead atoms. The van der Waals surface area contributed by atoms with Gasteiger partial charge in [0.25, 0.3) is 5.56 Å². The molecule has 3 rings (SSSR count). The maximum Gasteiger partial charge on any atom is 0.250 e. The topological polar surface area (TPSA) is 75.1 Å². The molecule has 0 aliphatic carbocycles. The van der Waals surface area contributed by atoms with Gasteiger partial charge in [0.05, 0.1) is 0 Å². The van der Waals surface area contributed by atoms with Crippen LogP contribution in [0.1, 0.15) is 25.0 Å². The highest BCUT2D eigenvalue weighted by Gasteiger charge is 2.34. The number of likely N-dealkylation sites (tertiary alicyclic amines) is 1. The molecule has 21 heavy (non-hydrogen) atoms. The van der Waals surface area contributed by atoms with E-state index in [2.05, 4.69) is 17.9 Å². The first kappa shape index (κ1) is 14.7. The number of hydrogen-bond acceptors (Lipinski definition) is 4. The lowest BCUT2D eigenvalue weighted by Gasteiger charge is -2.43. The van der Waals surface area contributed by atoms with E-state index in [0.717, 1.165) is 26.2 Å². The van der Waals surface area contributed by atoms with Crippen LogP contribution in [0.3, 0.4) is 0 Å². The zero-order valence-electron chi connectivity index (χ0n) is 12.3. The van der Waals surface area contributed by atoms with Crippen molar-refractivity contribution in [3.8, 4) is 0 Å². The fourth-order valence-corrected chi connectivity index (χ4v) is 4.48. The van der Waals surface area contributed by atoms with Crippen LogP contribution in [-0.4, -0.2) is 39.5 Å². The number of nitrogens with one attached hydrogen (secondary N) is 1. The summed E-state index contributed by atoms with van der Waals surface area (Å²) in [7, 11) is 0. The number of hydrogen-bond donors (Lipinski definition) is 2. The summed E-state index contributed by atoms with van der Waals surface area (Å²) in [4.78, 5) is 14.5. The van der Waals surface area contributed by atoms with Crippen molar-refractivity contribution < 1.29 is 0 Å². The summed E-state index contributed by atoms with van der Waals surface area (Å²) in [6, 6.07) is 5.63. The van der Waals surface area contributed by atoms with E-state index in [1.165, 1.54) is 23.9 Å². The van der Waals surface area contributed by atoms with Crippen LogP contribution in [-0.2, 0) is 6.54 Å². The summed E-state index contributed by atoms with van der Waals surface area (Å²) < 4.78 is 1.96. The van der Waals surface area contributed by atoms with E-state index in [1.54, 1.807) is 6.07 Å². The van der Waals surface area contributed by atoms with Crippen molar-refractivity contribution >= 4 is 16.9 Å². The Bertz CT molecular complexity index is 600. The van der Waals surface area contributed by atoms with E-state index >= 15 is 0 Å². The number of aromatic nitrogens is 1. The highest BCUT2D eigenvalue weighted by atomic mass is 32.2. The molecule has 6 heteroatoms. The lowest BCUT2D eigenvalue weighted by Crippen LogP contribution is -2.48. The first-order chi connectivity index (χ1) is 10.0. The monoisotopic (exact) mass is 306 g/mol. The molecule has 0 radical (unpaired) electrons. The van der Waals surface area contributed by atoms with Crippen LogP contribution in [0.15, 0.2) is 23.0 Å². The third-order valence-corrected chi connectivity index (χ3v) is 5.20. The second-order valence-electron chi connectivity index (χ2n) is 6.21. The summed E-state index contributed by atoms with van der Waals surface area (Å²) in [5.41, 5.74) is 6.79. The fraction of sp³-hybridized carbons (Fsp3) is 0.600. The molecule has 0 aromatic carbocycles. The van der Waals surface area contributed by atoms with Gasteiger partial charge < -0.3 is 15.2 Å². The Balaban J connectivity index is 1.73. The lowest BCUT2D eigenvalue weighted by molar-refractivity contribution is 0.122. The number of thioether (sulfide) groups is 1. The maximum absolute atomic E-state index is 12.0. The van der Waals surface area contributed by atoms with Gasteiger partial charge in [0.15, 0.2) is 5.17 Å². The molecule has 3 unspecified atom stereocenters. The molecule has 3 N–H and O–H groups in total. The average Bonchev–Trinajstić information content (AvgIpc) is 2.39. The number of piperidine rings is 1. The number of rotatable bonds is 3. The van der Waals surface area contributed by atoms with Gasteiger partial charge in [-0.15, -0.1) is 0 Å². The Morgan fingerprint density at radius 1 is 1.48 bits per heavy atom. The highest BCUT2D eigenvalue weighted by molar-refractivity contribution is 8.14. The number of nitrogens with zero attached hydrogens (tertiary/aromatic N) is 2. The molecule has 0 amide bonds. The Morgan fingerprint density at radius 3 is 3.05 bits per heavy atom. The molecular weight excluding hydrogens is 284 g/mol. The maximum atomic E-state index is 12.0. The van der Waals surface area contributed by atoms with Crippen LogP contribution in [0.2, 0.25) is 0 Å². The zero-order chi connectivity index (χ0) is 15.0. The smallest absolute Gasteiger partial charge is 0.250 e. The van der Waals surface area contributed by atoms with E-state index in [1.807, 2.05) is 10.6 Å². The molecule has 1 aromatic heterocycles. The van der Waals surface area contributed by atoms with Crippen molar-refractivity contribution in [2.24, 2.45) is 11.7 Å². The van der Waals surface area contributed by atoms with Gasteiger partial charge in [0.1, 0.15) is 0 Å². The van der Waals surface area contributed by atoms with Crippen molar-refractivity contribution in [3.05, 3.63) is 34.2 Å². The molecular formula is C15H22N4OS. The number of nitrogens with two attached hydrogens (primary N) is 1. The van der Waals surface area contributed by atoms with Crippen molar-refractivity contribution in [1.82, 2.24) is 9.47 Å². The second kappa shape index (κ2) is 5.85. The van der Waals surface area contributed by atoms with Gasteiger partial charge in [-0.1, -0.05) is 24.8 Å². The molecule has 2 aliphatic rings. The molecule has 3 atom stereocenters. The van der Waals surface area contributed by atoms with Gasteiger partial charge in [0, 0.05) is 49.1 Å². The summed E-state index contributed by atoms with van der Waals surface area (Å²) in [6.45, 7) is 5.96. The van der Waals surface area contributed by atoms with Crippen LogP contribution < -0.4 is 11.3 Å². The van der Waals surface area contributed by atoms with Gasteiger partial charge in [0.2, 0.25) is 0 Å². The molecule has 2 aliphatic heterocycles. The van der Waals surface area contributed by atoms with E-state index < -0.39 is 0 Å². The van der Waals surface area contributed by atoms with Crippen LogP contribution in [0, 0.1) is 11.3 Å². The van der Waals surface area contributed by atoms with Gasteiger partial charge in [-0.2, -0.15) is 0 Å². The van der Waals surface area contributed by atoms with Crippen molar-refractivity contribution in [2.75, 3.05) is 19.6 Å². The normalized spacial score (nSPS) is 26.1. The Hall–Kier alpha value is -1.27. The summed E-state index contributed by atoms with van der Waals surface area (Å²) >= 11 is 1.43. The molecule has 1 fully saturated rings. The van der Waals surface area contributed by atoms with E-state index in [-0.39, 0.29) is 10.7 Å². The molecule has 5 nitrogen and oxygen atoms in total. The summed E-state index contributed by atoms with van der Waals surface area (Å²) in [5, 5.41) is 7.90. The number of pyridine rings is 1. The third-order valence-electron chi connectivity index (χ3n) is 4.40. The fourth-order valence-electron chi connectivity index (χ4n) is 3.76. The van der Waals surface area contributed by atoms with Gasteiger partial charge in [-0.3, -0.25) is 10.2 Å². The molecule has 1 saturated heterocycles. The second-order valence-corrected chi connectivity index (χ2v) is 7.69. The van der Waals surface area contributed by atoms with Crippen molar-refractivity contribution in [1.29, 1.82) is 5.41 Å². The highest BCUT2D eigenvalue weighted by Crippen LogP contribution is 2.35. The predicted octanol–water partition coefficient (Wildman–Crippen LogP) is 1.28. The zero-order valence-corrected chi connectivity index (χ0v) is 13.1. The van der Waals surface area contributed by atoms with Gasteiger partial charge >= 0.3 is 0 Å². The quantitative estimate of drug-likeness (QED) is 0.652. The Kier molecular flexibility index (Phi) is 4.08. The summed E-state index contributed by atoms with van der Waals surface area (Å²) in [5.74, 6) is 1.02. The Labute approximate surface area is 129 Å². The summed E-state index contributed by atoms with van der Waals surface area (Å²) in [6.07, 6.45) is 1.19. The largest absolute Gasteiger partial charge is 0.379 e. The Morgan fingerprint density at radius 2 is 2.29 bits per heavy atom. The van der Waals surface area contributed by atoms with Crippen LogP contribution in [0.5, 0.6) is 0 Å². The molecule has 1 aromatic rings. The van der Waals surface area contributed by atoms with E-state index in [4.69, 9.17) is 11.1 Å². The minimum atomic E-state index is 0.135. The molecule has 0 spiro atoms. The third kappa shape index (κ3) is 3.16. The van der Waals surface area contributed by atoms with Crippen LogP contribution >= 0.6 is 11.8 Å². The van der Waals surface area contributed by atoms with Crippen LogP contribution in [0.25, 0.3) is 0 Å². The van der Waals surface area contributed by atoms with Gasteiger partial charge in [-0.05, 0) is 18.4 Å². The van der Waals surface area contributed by atoms with E-state index in [9.17, 15) is 4.79 Å². The van der Waals surface area contributed by atoms with Gasteiger partial charge in [-0.25, -0.2) is 0 Å². The first-order valence-electron chi connectivity index (χ1n) is 7.45. The number of fused-ring (bicyclic) bond motifs is 4. The van der Waals surface area contributed by atoms with Crippen molar-refractivity contribution in [2.45, 2.75) is 31.1 Å². The van der Waals surface area contributed by atoms with E-state index in [0.29, 0.717) is 17.1 Å². The molecule has 114 valence electrons. The van der Waals surface area contributed by atoms with Crippen molar-refractivity contribution in [3.63, 3.8) is 0 Å². The number of amidine groups is 1. The average molecular weight is 306 g/mol. The molecule has 0 saturated carbocycles. The SMILES string of the molecule is CC(CN1CC2CC(C1)c1cccc(=O)n1C2)SC(=N)N. The molecule has 3 heterocycles. The first-order valence-corrected chi connectivity index (χ1v) is 8.33. The van der Waals surface area contributed by atoms with Crippen LogP contribution in [0.4, 0.5) is 0 Å². The predicted molar refractivity (Wildman–Crippen MR) is 87.0 cm³/mol. The standard InChI is InChI=1S/C15H22N4OS/c1-10(21-15(16)17)6-18-7-11-5-12(9-18)13-3-2-4-14(20)19(13)8-11/h2-4,10-12H,5-9H2,1H3,(H3,16,17). The minimum absolute atomic E-state index is 0.135. The lowest BCUT2D eigenvalue weighted by atomic mass is 9.83.